The van der Waals surface area contributed by atoms with Crippen LogP contribution in [-0.2, 0) is 9.13 Å². The molecular weight excluding hydrogens is 164 g/mol. The van der Waals surface area contributed by atoms with Gasteiger partial charge in [-0.2, -0.15) is 0 Å². The molecule has 0 radical (unpaired) electrons. The third-order valence-corrected chi connectivity index (χ3v) is 0. The van der Waals surface area contributed by atoms with E-state index in [1.807, 2.05) is 0 Å². The molecule has 0 heterocycles. The minimum absolute atomic E-state index is 0.0162. The van der Waals surface area contributed by atoms with E-state index in [9.17, 15) is 0 Å². The molecule has 42 valence electrons. The number of hydrogen-bond acceptors (Lipinski definition) is 4. The van der Waals surface area contributed by atoms with Crippen LogP contribution in [0.2, 0.25) is 0 Å². The van der Waals surface area contributed by atoms with Crippen molar-refractivity contribution < 1.29 is 19.4 Å². The summed E-state index contributed by atoms with van der Waals surface area (Å²) in [5, 5.41) is 13.6. The molecule has 0 spiro atoms. The molecule has 0 rings (SSSR count). The summed E-state index contributed by atoms with van der Waals surface area (Å²) < 4.78 is 16.3. The van der Waals surface area contributed by atoms with Crippen LogP contribution in [0.5, 0.6) is 0 Å². The van der Waals surface area contributed by atoms with Gasteiger partial charge in [0.05, 0.1) is 0 Å². The molecule has 0 aromatic heterocycles. The second-order valence-electron chi connectivity index (χ2n) is 0.678. The minimum atomic E-state index is -1.93. The fraction of sp³-hybridized carbons (Fsp3) is 0. The quantitative estimate of drug-likeness (QED) is 0.234. The molecule has 0 unspecified atom stereocenters. The van der Waals surface area contributed by atoms with Gasteiger partial charge in [-0.1, -0.05) is 0 Å². The van der Waals surface area contributed by atoms with E-state index in [0.29, 0.717) is 0 Å². The van der Waals surface area contributed by atoms with Crippen molar-refractivity contribution in [2.24, 2.45) is 0 Å². The monoisotopic (exact) mass is 165 g/mol. The Bertz CT molecular complexity index is 114. The third kappa shape index (κ3) is 409. The van der Waals surface area contributed by atoms with Gasteiger partial charge >= 0.3 is 58.0 Å². The second-order valence-corrected chi connectivity index (χ2v) is 4.98. The van der Waals surface area contributed by atoms with Crippen molar-refractivity contribution in [3.63, 3.8) is 0 Å². The van der Waals surface area contributed by atoms with E-state index < -0.39 is 5.85 Å². The molecule has 0 aromatic rings. The predicted molar refractivity (Wildman–Crippen MR) is 22.8 cm³/mol. The van der Waals surface area contributed by atoms with Crippen LogP contribution in [0.25, 0.3) is 0 Å². The summed E-state index contributed by atoms with van der Waals surface area (Å²) >= 11 is 0.0162. The van der Waals surface area contributed by atoms with Crippen molar-refractivity contribution in [3.05, 3.63) is 10.1 Å². The average molecular weight is 165 g/mol. The van der Waals surface area contributed by atoms with Crippen LogP contribution in [0.15, 0.2) is 0 Å². The van der Waals surface area contributed by atoms with Gasteiger partial charge in [-0.25, -0.2) is 0 Å². The van der Waals surface area contributed by atoms with Gasteiger partial charge in [0.15, 0.2) is 0 Å². The van der Waals surface area contributed by atoms with Crippen LogP contribution in [0.4, 0.5) is 0 Å². The summed E-state index contributed by atoms with van der Waals surface area (Å²) in [4.78, 5) is 8.36. The van der Waals surface area contributed by atoms with E-state index in [4.69, 9.17) is 24.5 Å². The molecule has 0 aliphatic carbocycles. The van der Waals surface area contributed by atoms with E-state index in [2.05, 4.69) is 0 Å². The molecule has 0 atom stereocenters. The van der Waals surface area contributed by atoms with Crippen molar-refractivity contribution in [3.8, 4) is 0 Å². The molecule has 0 aliphatic heterocycles. The van der Waals surface area contributed by atoms with Crippen molar-refractivity contribution in [1.29, 1.82) is 0 Å². The fourth-order valence-corrected chi connectivity index (χ4v) is 0. The van der Waals surface area contributed by atoms with Gasteiger partial charge in [0.2, 0.25) is 0 Å². The summed E-state index contributed by atoms with van der Waals surface area (Å²) in [6.45, 7) is 0. The first-order valence-corrected chi connectivity index (χ1v) is 7.19. The zero-order chi connectivity index (χ0) is 7.15. The van der Waals surface area contributed by atoms with Gasteiger partial charge in [0, 0.05) is 0 Å². The molecule has 8 heavy (non-hydrogen) atoms. The average Bonchev–Trinajstić information content (AvgIpc) is 1.25. The Balaban J connectivity index is 0. The molecular formula is HKNO5P. The van der Waals surface area contributed by atoms with Crippen LogP contribution >= 0.6 is 0.763 Å². The number of nitrogens with zero attached hydrogens (tertiary/aromatic N) is 1. The van der Waals surface area contributed by atoms with Gasteiger partial charge in [-0.15, -0.1) is 10.1 Å². The maximum atomic E-state index is 9.12. The molecule has 0 saturated carbocycles. The Kier molecular flexibility index (Phi) is 11.1. The molecule has 8 heteroatoms. The summed E-state index contributed by atoms with van der Waals surface area (Å²) in [5.41, 5.74) is 0. The number of hydrogen-bond donors (Lipinski definition) is 1. The first-order valence-electron chi connectivity index (χ1n) is 1.38. The van der Waals surface area contributed by atoms with E-state index in [-0.39, 0.29) is 48.1 Å². The van der Waals surface area contributed by atoms with Crippen molar-refractivity contribution >= 4 is 48.8 Å². The summed E-state index contributed by atoms with van der Waals surface area (Å²) in [5.74, 6) is 0. The third-order valence-electron chi connectivity index (χ3n) is 0. The topological polar surface area (TPSA) is 97.5 Å². The van der Waals surface area contributed by atoms with Crippen molar-refractivity contribution in [2.45, 2.75) is 0 Å². The Morgan fingerprint density at radius 1 is 1.62 bits per heavy atom. The first-order chi connectivity index (χ1) is 3.46. The van der Waals surface area contributed by atoms with E-state index in [1.54, 1.807) is 0 Å². The molecule has 0 saturated heterocycles. The molecule has 0 amide bonds. The summed E-state index contributed by atoms with van der Waals surface area (Å²) in [6.07, 6.45) is 0. The van der Waals surface area contributed by atoms with E-state index in [1.165, 1.54) is 0 Å². The SMILES string of the molecule is O=[N+]([O-])O.O=[P](=O)[K]. The van der Waals surface area contributed by atoms with E-state index in [0.717, 1.165) is 0 Å². The number of rotatable bonds is 0. The fourth-order valence-electron chi connectivity index (χ4n) is 0. The van der Waals surface area contributed by atoms with Gasteiger partial charge in [0.1, 0.15) is 0 Å². The van der Waals surface area contributed by atoms with Crippen LogP contribution in [0.1, 0.15) is 0 Å². The molecule has 0 aromatic carbocycles. The van der Waals surface area contributed by atoms with Gasteiger partial charge in [0.25, 0.3) is 5.09 Å². The zero-order valence-corrected chi connectivity index (χ0v) is 7.99. The normalized spacial score (nSPS) is 6.25. The van der Waals surface area contributed by atoms with Crippen molar-refractivity contribution in [1.82, 2.24) is 0 Å². The van der Waals surface area contributed by atoms with Crippen LogP contribution in [0.3, 0.4) is 0 Å². The predicted octanol–water partition coefficient (Wildman–Crippen LogP) is -0.105. The molecule has 6 nitrogen and oxygen atoms in total. The van der Waals surface area contributed by atoms with Gasteiger partial charge in [-0.05, 0) is 0 Å². The van der Waals surface area contributed by atoms with E-state index >= 15 is 0 Å². The zero-order valence-electron chi connectivity index (χ0n) is 3.97. The summed E-state index contributed by atoms with van der Waals surface area (Å²) in [7, 11) is 0. The molecule has 0 fully saturated rings. The molecule has 1 N–H and O–H groups in total. The Morgan fingerprint density at radius 2 is 1.62 bits per heavy atom. The Hall–Kier alpha value is 0.736. The molecule has 0 bridgehead atoms. The summed E-state index contributed by atoms with van der Waals surface area (Å²) in [6, 6.07) is 0. The maximum absolute atomic E-state index is 9.12. The van der Waals surface area contributed by atoms with Gasteiger partial charge < -0.3 is 5.21 Å². The second kappa shape index (κ2) is 7.74. The Labute approximate surface area is 77.1 Å². The van der Waals surface area contributed by atoms with Gasteiger partial charge in [-0.3, -0.25) is 0 Å². The first kappa shape index (κ1) is 11.5. The molecule has 0 aliphatic rings. The van der Waals surface area contributed by atoms with Crippen molar-refractivity contribution in [2.75, 3.05) is 0 Å². The van der Waals surface area contributed by atoms with Crippen LogP contribution < -0.4 is 0 Å². The standard InChI is InChI=1S/K.HNO3.O2P/c;2-1(3)4;1-3-2/h;(H,2,3,4);. The Morgan fingerprint density at radius 3 is 1.62 bits per heavy atom. The van der Waals surface area contributed by atoms with Crippen LogP contribution in [-0.4, -0.2) is 58.4 Å². The van der Waals surface area contributed by atoms with Crippen LogP contribution in [0, 0.1) is 10.1 Å².